The van der Waals surface area contributed by atoms with Crippen LogP contribution in [-0.2, 0) is 20.4 Å². The van der Waals surface area contributed by atoms with Gasteiger partial charge in [-0.1, -0.05) is 30.0 Å². The summed E-state index contributed by atoms with van der Waals surface area (Å²) in [6.45, 7) is 3.75. The summed E-state index contributed by atoms with van der Waals surface area (Å²) in [5, 5.41) is 2.67. The first-order valence-electron chi connectivity index (χ1n) is 9.72. The largest absolute Gasteiger partial charge is 0.320 e. The molecule has 0 spiro atoms. The van der Waals surface area contributed by atoms with Gasteiger partial charge in [-0.2, -0.15) is 0 Å². The number of carbonyl (C=O) groups excluding carboxylic acids is 1. The fourth-order valence-electron chi connectivity index (χ4n) is 3.44. The molecule has 4 rings (SSSR count). The molecule has 32 heavy (non-hydrogen) atoms. The van der Waals surface area contributed by atoms with Gasteiger partial charge in [0, 0.05) is 16.5 Å². The molecule has 0 aliphatic carbocycles. The molecule has 0 saturated heterocycles. The molecule has 4 nitrogen and oxygen atoms in total. The Morgan fingerprint density at radius 2 is 1.72 bits per heavy atom. The summed E-state index contributed by atoms with van der Waals surface area (Å²) in [6, 6.07) is 13.3. The second kappa shape index (κ2) is 8.52. The number of hydrogen-bond acceptors (Lipinski definition) is 4. The molecule has 0 unspecified atom stereocenters. The molecular formula is C24H19F2NO3S2. The predicted molar refractivity (Wildman–Crippen MR) is 122 cm³/mol. The highest BCUT2D eigenvalue weighted by molar-refractivity contribution is 8.04. The third-order valence-electron chi connectivity index (χ3n) is 5.23. The minimum Gasteiger partial charge on any atom is -0.320 e. The number of fused-ring (bicyclic) bond motifs is 1. The van der Waals surface area contributed by atoms with Crippen LogP contribution in [0, 0.1) is 25.5 Å². The van der Waals surface area contributed by atoms with Gasteiger partial charge in [0.25, 0.3) is 5.91 Å². The minimum absolute atomic E-state index is 0.0836. The molecule has 0 radical (unpaired) electrons. The van der Waals surface area contributed by atoms with Gasteiger partial charge in [-0.05, 0) is 66.9 Å². The zero-order chi connectivity index (χ0) is 23.0. The van der Waals surface area contributed by atoms with Gasteiger partial charge < -0.3 is 5.32 Å². The van der Waals surface area contributed by atoms with E-state index in [1.807, 2.05) is 32.0 Å². The van der Waals surface area contributed by atoms with Gasteiger partial charge in [-0.25, -0.2) is 17.2 Å². The molecule has 1 heterocycles. The van der Waals surface area contributed by atoms with E-state index in [-0.39, 0.29) is 21.1 Å². The van der Waals surface area contributed by atoms with Gasteiger partial charge in [0.2, 0.25) is 0 Å². The molecule has 1 N–H and O–H groups in total. The first-order valence-corrected chi connectivity index (χ1v) is 12.2. The number of thioether (sulfide) groups is 1. The van der Waals surface area contributed by atoms with Crippen LogP contribution in [0.5, 0.6) is 0 Å². The van der Waals surface area contributed by atoms with Crippen LogP contribution < -0.4 is 5.32 Å². The number of benzene rings is 3. The van der Waals surface area contributed by atoms with Gasteiger partial charge in [0.1, 0.15) is 11.6 Å². The highest BCUT2D eigenvalue weighted by Gasteiger charge is 2.25. The monoisotopic (exact) mass is 471 g/mol. The van der Waals surface area contributed by atoms with E-state index in [1.165, 1.54) is 24.3 Å². The second-order valence-electron chi connectivity index (χ2n) is 7.52. The zero-order valence-corrected chi connectivity index (χ0v) is 18.9. The number of sulfone groups is 1. The lowest BCUT2D eigenvalue weighted by molar-refractivity contribution is -0.112. The first kappa shape index (κ1) is 22.2. The van der Waals surface area contributed by atoms with E-state index in [4.69, 9.17) is 0 Å². The summed E-state index contributed by atoms with van der Waals surface area (Å²) in [5.74, 6) is -2.11. The number of rotatable bonds is 4. The molecule has 0 saturated carbocycles. The number of amides is 1. The standard InChI is InChI=1S/C24H19F2NO3S2/c1-14-4-3-5-15(2)19(14)13-32(29,30)18-8-9-22-21(12-18)27-24(28)23(31-22)10-16-6-7-17(25)11-20(16)26/h3-12H,13H2,1-2H3,(H,27,28)/b23-10-. The quantitative estimate of drug-likeness (QED) is 0.500. The van der Waals surface area contributed by atoms with Crippen molar-refractivity contribution in [1.82, 2.24) is 0 Å². The first-order chi connectivity index (χ1) is 15.1. The molecule has 1 aliphatic heterocycles. The maximum atomic E-state index is 14.0. The third kappa shape index (κ3) is 4.47. The average molecular weight is 472 g/mol. The molecule has 0 fully saturated rings. The lowest BCUT2D eigenvalue weighted by Gasteiger charge is -2.20. The highest BCUT2D eigenvalue weighted by atomic mass is 32.2. The van der Waals surface area contributed by atoms with E-state index in [0.29, 0.717) is 10.6 Å². The van der Waals surface area contributed by atoms with Crippen LogP contribution in [0.4, 0.5) is 14.5 Å². The van der Waals surface area contributed by atoms with Crippen LogP contribution in [0.3, 0.4) is 0 Å². The van der Waals surface area contributed by atoms with Gasteiger partial charge >= 0.3 is 0 Å². The van der Waals surface area contributed by atoms with Crippen molar-refractivity contribution < 1.29 is 22.0 Å². The van der Waals surface area contributed by atoms with Crippen molar-refractivity contribution in [2.45, 2.75) is 29.4 Å². The van der Waals surface area contributed by atoms with Gasteiger partial charge in [0.05, 0.1) is 21.2 Å². The Morgan fingerprint density at radius 1 is 1.00 bits per heavy atom. The van der Waals surface area contributed by atoms with E-state index in [9.17, 15) is 22.0 Å². The highest BCUT2D eigenvalue weighted by Crippen LogP contribution is 2.40. The lowest BCUT2D eigenvalue weighted by atomic mass is 10.1. The fourth-order valence-corrected chi connectivity index (χ4v) is 5.94. The Morgan fingerprint density at radius 3 is 2.41 bits per heavy atom. The Labute approximate surface area is 189 Å². The fraction of sp³-hybridized carbons (Fsp3) is 0.125. The van der Waals surface area contributed by atoms with E-state index < -0.39 is 27.4 Å². The molecule has 0 atom stereocenters. The van der Waals surface area contributed by atoms with Crippen LogP contribution in [0.1, 0.15) is 22.3 Å². The second-order valence-corrected chi connectivity index (χ2v) is 10.6. The average Bonchev–Trinajstić information content (AvgIpc) is 2.73. The van der Waals surface area contributed by atoms with E-state index >= 15 is 0 Å². The van der Waals surface area contributed by atoms with Crippen molar-refractivity contribution in [2.24, 2.45) is 0 Å². The van der Waals surface area contributed by atoms with Crippen LogP contribution in [0.25, 0.3) is 6.08 Å². The summed E-state index contributed by atoms with van der Waals surface area (Å²) in [6.07, 6.45) is 1.34. The van der Waals surface area contributed by atoms with Crippen LogP contribution in [0.15, 0.2) is 69.3 Å². The number of anilines is 1. The number of aryl methyl sites for hydroxylation is 2. The van der Waals surface area contributed by atoms with E-state index in [2.05, 4.69) is 5.32 Å². The Bertz CT molecular complexity index is 1360. The molecule has 3 aromatic carbocycles. The maximum absolute atomic E-state index is 14.0. The molecule has 0 bridgehead atoms. The van der Waals surface area contributed by atoms with Crippen LogP contribution >= 0.6 is 11.8 Å². The van der Waals surface area contributed by atoms with Crippen molar-refractivity contribution >= 4 is 39.3 Å². The van der Waals surface area contributed by atoms with Gasteiger partial charge in [-0.15, -0.1) is 0 Å². The normalized spacial score (nSPS) is 14.9. The summed E-state index contributed by atoms with van der Waals surface area (Å²) >= 11 is 1.09. The Kier molecular flexibility index (Phi) is 5.92. The molecule has 164 valence electrons. The molecule has 8 heteroatoms. The number of hydrogen-bond donors (Lipinski definition) is 1. The van der Waals surface area contributed by atoms with Crippen LogP contribution in [0.2, 0.25) is 0 Å². The molecule has 1 amide bonds. The smallest absolute Gasteiger partial charge is 0.262 e. The lowest BCUT2D eigenvalue weighted by Crippen LogP contribution is -2.18. The topological polar surface area (TPSA) is 63.2 Å². The molecular weight excluding hydrogens is 452 g/mol. The predicted octanol–water partition coefficient (Wildman–Crippen LogP) is 5.64. The SMILES string of the molecule is Cc1cccc(C)c1CS(=O)(=O)c1ccc2c(c1)NC(=O)/C(=C/c1ccc(F)cc1F)S2. The Hall–Kier alpha value is -2.97. The third-order valence-corrected chi connectivity index (χ3v) is 7.97. The Balaban J connectivity index is 1.63. The summed E-state index contributed by atoms with van der Waals surface area (Å²) in [4.78, 5) is 13.5. The van der Waals surface area contributed by atoms with Gasteiger partial charge in [-0.3, -0.25) is 4.79 Å². The van der Waals surface area contributed by atoms with Crippen molar-refractivity contribution in [3.8, 4) is 0 Å². The van der Waals surface area contributed by atoms with E-state index in [1.54, 1.807) is 6.07 Å². The van der Waals surface area contributed by atoms with Crippen molar-refractivity contribution in [3.63, 3.8) is 0 Å². The van der Waals surface area contributed by atoms with Crippen LogP contribution in [-0.4, -0.2) is 14.3 Å². The summed E-state index contributed by atoms with van der Waals surface area (Å²) in [5.41, 5.74) is 3.02. The molecule has 0 aromatic heterocycles. The summed E-state index contributed by atoms with van der Waals surface area (Å²) in [7, 11) is -3.64. The van der Waals surface area contributed by atoms with Crippen molar-refractivity contribution in [1.29, 1.82) is 0 Å². The summed E-state index contributed by atoms with van der Waals surface area (Å²) < 4.78 is 53.2. The van der Waals surface area contributed by atoms with E-state index in [0.717, 1.165) is 40.6 Å². The minimum atomic E-state index is -3.64. The van der Waals surface area contributed by atoms with Crippen molar-refractivity contribution in [2.75, 3.05) is 5.32 Å². The molecule has 1 aliphatic rings. The van der Waals surface area contributed by atoms with Crippen molar-refractivity contribution in [3.05, 3.63) is 93.4 Å². The number of halogens is 2. The number of nitrogens with one attached hydrogen (secondary N) is 1. The zero-order valence-electron chi connectivity index (χ0n) is 17.3. The molecule has 3 aromatic rings. The number of carbonyl (C=O) groups is 1. The van der Waals surface area contributed by atoms with Gasteiger partial charge in [0.15, 0.2) is 9.84 Å². The maximum Gasteiger partial charge on any atom is 0.262 e.